The molecule has 9 rings (SSSR count). The molecule has 1 aliphatic rings. The molecule has 1 aliphatic carbocycles. The van der Waals surface area contributed by atoms with Gasteiger partial charge in [-0.05, 0) is 88.3 Å². The molecule has 2 nitrogen and oxygen atoms in total. The Bertz CT molecular complexity index is 2480. The average molecular weight is 642 g/mol. The molecule has 1 aromatic heterocycles. The zero-order chi connectivity index (χ0) is 33.3. The fourth-order valence-electron chi connectivity index (χ4n) is 7.22. The fraction of sp³-hybridized carbons (Fsp3) is 0.0417. The highest BCUT2D eigenvalue weighted by atomic mass is 16.3. The standard InChI is InChI=1S/C48H35NO/c1-3-11-34(12-4-1)36-21-27-41(28-22-36)49(42-29-23-37(24-30-42)35-13-5-2-6-14-35)43-31-25-38(26-32-43)39-15-9-16-40(33-39)44-18-10-19-46-45-17-7-8-20-47(45)50-48(44)46/h1-13,15-33,35H,14H2. The molecule has 0 spiro atoms. The van der Waals surface area contributed by atoms with Crippen molar-refractivity contribution in [2.24, 2.45) is 0 Å². The van der Waals surface area contributed by atoms with Gasteiger partial charge in [0.25, 0.3) is 0 Å². The molecule has 0 aliphatic heterocycles. The number of anilines is 3. The molecule has 8 aromatic rings. The minimum atomic E-state index is 0.418. The zero-order valence-corrected chi connectivity index (χ0v) is 27.6. The van der Waals surface area contributed by atoms with Crippen molar-refractivity contribution < 1.29 is 4.42 Å². The quantitative estimate of drug-likeness (QED) is 0.172. The first kappa shape index (κ1) is 29.7. The van der Waals surface area contributed by atoms with Crippen LogP contribution < -0.4 is 4.90 Å². The lowest BCUT2D eigenvalue weighted by Crippen LogP contribution is -2.10. The van der Waals surface area contributed by atoms with Crippen LogP contribution in [0.25, 0.3) is 55.3 Å². The van der Waals surface area contributed by atoms with Crippen LogP contribution in [0, 0.1) is 0 Å². The minimum absolute atomic E-state index is 0.418. The Balaban J connectivity index is 1.06. The summed E-state index contributed by atoms with van der Waals surface area (Å²) in [5.74, 6) is 0.418. The molecule has 2 heteroatoms. The highest BCUT2D eigenvalue weighted by molar-refractivity contribution is 6.09. The first-order valence-corrected chi connectivity index (χ1v) is 17.3. The van der Waals surface area contributed by atoms with Crippen molar-refractivity contribution in [1.29, 1.82) is 0 Å². The zero-order valence-electron chi connectivity index (χ0n) is 27.6. The van der Waals surface area contributed by atoms with Crippen molar-refractivity contribution in [3.8, 4) is 33.4 Å². The lowest BCUT2D eigenvalue weighted by molar-refractivity contribution is 0.670. The van der Waals surface area contributed by atoms with Crippen LogP contribution in [0.15, 0.2) is 199 Å². The first-order chi connectivity index (χ1) is 24.8. The Labute approximate surface area is 292 Å². The van der Waals surface area contributed by atoms with E-state index >= 15 is 0 Å². The molecular formula is C48H35NO. The Morgan fingerprint density at radius 3 is 1.76 bits per heavy atom. The lowest BCUT2D eigenvalue weighted by atomic mass is 9.92. The minimum Gasteiger partial charge on any atom is -0.455 e. The molecule has 1 atom stereocenters. The largest absolute Gasteiger partial charge is 0.455 e. The number of rotatable bonds is 7. The van der Waals surface area contributed by atoms with Crippen LogP contribution in [0.2, 0.25) is 0 Å². The van der Waals surface area contributed by atoms with Gasteiger partial charge in [0.05, 0.1) is 0 Å². The summed E-state index contributed by atoms with van der Waals surface area (Å²) in [4.78, 5) is 2.34. The van der Waals surface area contributed by atoms with Crippen molar-refractivity contribution in [1.82, 2.24) is 0 Å². The van der Waals surface area contributed by atoms with Crippen molar-refractivity contribution in [2.45, 2.75) is 12.3 Å². The third-order valence-corrected chi connectivity index (χ3v) is 9.83. The summed E-state index contributed by atoms with van der Waals surface area (Å²) in [7, 11) is 0. The van der Waals surface area contributed by atoms with Gasteiger partial charge in [0, 0.05) is 39.3 Å². The number of nitrogens with zero attached hydrogens (tertiary/aromatic N) is 1. The molecule has 0 N–H and O–H groups in total. The predicted molar refractivity (Wildman–Crippen MR) is 210 cm³/mol. The molecule has 7 aromatic carbocycles. The SMILES string of the molecule is C1=CCC(c2ccc(N(c3ccc(-c4ccccc4)cc3)c3ccc(-c4cccc(-c5cccc6c5oc5ccccc56)c4)cc3)cc2)C=C1. The number of fused-ring (bicyclic) bond motifs is 3. The normalized spacial score (nSPS) is 14.0. The number of para-hydroxylation sites is 2. The number of furan rings is 1. The summed E-state index contributed by atoms with van der Waals surface area (Å²) in [5.41, 5.74) is 13.5. The van der Waals surface area contributed by atoms with Crippen molar-refractivity contribution >= 4 is 39.0 Å². The van der Waals surface area contributed by atoms with Gasteiger partial charge in [0.15, 0.2) is 0 Å². The second-order valence-corrected chi connectivity index (χ2v) is 12.9. The second kappa shape index (κ2) is 12.9. The lowest BCUT2D eigenvalue weighted by Gasteiger charge is -2.26. The molecule has 0 saturated carbocycles. The van der Waals surface area contributed by atoms with E-state index in [1.54, 1.807) is 0 Å². The predicted octanol–water partition coefficient (Wildman–Crippen LogP) is 13.7. The molecule has 1 unspecified atom stereocenters. The third-order valence-electron chi connectivity index (χ3n) is 9.83. The number of benzene rings is 7. The van der Waals surface area contributed by atoms with Crippen LogP contribution in [0.3, 0.4) is 0 Å². The maximum atomic E-state index is 6.37. The van der Waals surface area contributed by atoms with Crippen LogP contribution in [-0.2, 0) is 0 Å². The molecule has 0 amide bonds. The Kier molecular flexibility index (Phi) is 7.68. The molecule has 0 fully saturated rings. The van der Waals surface area contributed by atoms with Gasteiger partial charge in [0.2, 0.25) is 0 Å². The molecule has 50 heavy (non-hydrogen) atoms. The van der Waals surface area contributed by atoms with Crippen molar-refractivity contribution in [3.63, 3.8) is 0 Å². The molecular weight excluding hydrogens is 607 g/mol. The molecule has 238 valence electrons. The van der Waals surface area contributed by atoms with Crippen LogP contribution in [0.5, 0.6) is 0 Å². The van der Waals surface area contributed by atoms with Crippen LogP contribution in [0.1, 0.15) is 17.9 Å². The van der Waals surface area contributed by atoms with E-state index in [-0.39, 0.29) is 0 Å². The maximum Gasteiger partial charge on any atom is 0.143 e. The van der Waals surface area contributed by atoms with E-state index in [1.807, 2.05) is 12.1 Å². The van der Waals surface area contributed by atoms with E-state index < -0.39 is 0 Å². The Morgan fingerprint density at radius 1 is 0.460 bits per heavy atom. The number of allylic oxidation sites excluding steroid dienone is 4. The summed E-state index contributed by atoms with van der Waals surface area (Å²) < 4.78 is 6.37. The molecule has 0 radical (unpaired) electrons. The summed E-state index contributed by atoms with van der Waals surface area (Å²) >= 11 is 0. The smallest absolute Gasteiger partial charge is 0.143 e. The fourth-order valence-corrected chi connectivity index (χ4v) is 7.22. The van der Waals surface area contributed by atoms with Crippen molar-refractivity contribution in [3.05, 3.63) is 200 Å². The van der Waals surface area contributed by atoms with Gasteiger partial charge in [-0.1, -0.05) is 146 Å². The maximum absolute atomic E-state index is 6.37. The molecule has 0 bridgehead atoms. The summed E-state index contributed by atoms with van der Waals surface area (Å²) in [5, 5.41) is 2.29. The van der Waals surface area contributed by atoms with E-state index in [0.29, 0.717) is 5.92 Å². The topological polar surface area (TPSA) is 16.4 Å². The first-order valence-electron chi connectivity index (χ1n) is 17.3. The van der Waals surface area contributed by atoms with Gasteiger partial charge in [0.1, 0.15) is 11.2 Å². The van der Waals surface area contributed by atoms with Gasteiger partial charge < -0.3 is 9.32 Å². The highest BCUT2D eigenvalue weighted by Gasteiger charge is 2.16. The van der Waals surface area contributed by atoms with Gasteiger partial charge >= 0.3 is 0 Å². The van der Waals surface area contributed by atoms with E-state index in [1.165, 1.54) is 27.8 Å². The highest BCUT2D eigenvalue weighted by Crippen LogP contribution is 2.40. The Hall–Kier alpha value is -6.38. The Morgan fingerprint density at radius 2 is 1.04 bits per heavy atom. The van der Waals surface area contributed by atoms with Gasteiger partial charge in [-0.25, -0.2) is 0 Å². The van der Waals surface area contributed by atoms with Gasteiger partial charge in [-0.15, -0.1) is 0 Å². The van der Waals surface area contributed by atoms with E-state index in [0.717, 1.165) is 56.5 Å². The van der Waals surface area contributed by atoms with Crippen LogP contribution >= 0.6 is 0 Å². The number of hydrogen-bond donors (Lipinski definition) is 0. The third kappa shape index (κ3) is 5.61. The second-order valence-electron chi connectivity index (χ2n) is 12.9. The van der Waals surface area contributed by atoms with Crippen molar-refractivity contribution in [2.75, 3.05) is 4.90 Å². The van der Waals surface area contributed by atoms with Crippen LogP contribution in [-0.4, -0.2) is 0 Å². The summed E-state index contributed by atoms with van der Waals surface area (Å²) in [6, 6.07) is 60.9. The number of hydrogen-bond acceptors (Lipinski definition) is 2. The summed E-state index contributed by atoms with van der Waals surface area (Å²) in [6.45, 7) is 0. The van der Waals surface area contributed by atoms with E-state index in [4.69, 9.17) is 4.42 Å². The van der Waals surface area contributed by atoms with Gasteiger partial charge in [-0.3, -0.25) is 0 Å². The molecule has 0 saturated heterocycles. The monoisotopic (exact) mass is 641 g/mol. The van der Waals surface area contributed by atoms with Gasteiger partial charge in [-0.2, -0.15) is 0 Å². The average Bonchev–Trinajstić information content (AvgIpc) is 3.59. The summed E-state index contributed by atoms with van der Waals surface area (Å²) in [6.07, 6.45) is 9.86. The van der Waals surface area contributed by atoms with E-state index in [9.17, 15) is 0 Å². The van der Waals surface area contributed by atoms with Crippen LogP contribution in [0.4, 0.5) is 17.1 Å². The van der Waals surface area contributed by atoms with E-state index in [2.05, 4.69) is 187 Å². The molecule has 1 heterocycles.